The van der Waals surface area contributed by atoms with Crippen LogP contribution in [0, 0.1) is 5.92 Å². The lowest BCUT2D eigenvalue weighted by molar-refractivity contribution is -0.171. The minimum atomic E-state index is -4.33. The van der Waals surface area contributed by atoms with Gasteiger partial charge in [-0.1, -0.05) is 13.8 Å². The molecule has 1 saturated heterocycles. The molecule has 0 bridgehead atoms. The van der Waals surface area contributed by atoms with E-state index >= 15 is 0 Å². The zero-order valence-electron chi connectivity index (χ0n) is 18.9. The van der Waals surface area contributed by atoms with Crippen LogP contribution in [0.2, 0.25) is 0 Å². The molecule has 178 valence electrons. The van der Waals surface area contributed by atoms with Crippen molar-refractivity contribution in [3.8, 4) is 5.75 Å². The Hall–Kier alpha value is -2.66. The lowest BCUT2D eigenvalue weighted by Gasteiger charge is -2.31. The minimum absolute atomic E-state index is 0.0947. The standard InChI is InChI=1S/C21H30N2O8S/c1-13(2)12-19(20(26)22-18-10-11-30-21(18)31-15(4)25)23(14(3)24)32(27,28)17-8-6-16(29-5)7-9-17/h6-9,13,18-19,21H,10-12H2,1-5H3,(H,22,26)/t18-,19?,21-/m0/s1. The number of carbonyl (C=O) groups is 3. The summed E-state index contributed by atoms with van der Waals surface area (Å²) in [5.41, 5.74) is 0. The van der Waals surface area contributed by atoms with Crippen molar-refractivity contribution < 1.29 is 37.0 Å². The second kappa shape index (κ2) is 10.8. The van der Waals surface area contributed by atoms with E-state index in [1.807, 2.05) is 13.8 Å². The monoisotopic (exact) mass is 470 g/mol. The van der Waals surface area contributed by atoms with Crippen LogP contribution in [-0.2, 0) is 33.9 Å². The summed E-state index contributed by atoms with van der Waals surface area (Å²) in [6, 6.07) is 3.60. The average molecular weight is 471 g/mol. The van der Waals surface area contributed by atoms with Gasteiger partial charge < -0.3 is 19.5 Å². The first-order chi connectivity index (χ1) is 15.0. The molecule has 1 aliphatic heterocycles. The van der Waals surface area contributed by atoms with Gasteiger partial charge in [-0.25, -0.2) is 12.7 Å². The molecule has 2 amide bonds. The van der Waals surface area contributed by atoms with Crippen LogP contribution in [0.15, 0.2) is 29.2 Å². The first-order valence-corrected chi connectivity index (χ1v) is 11.7. The minimum Gasteiger partial charge on any atom is -0.497 e. The summed E-state index contributed by atoms with van der Waals surface area (Å²) in [5.74, 6) is -1.67. The molecule has 1 N–H and O–H groups in total. The second-order valence-corrected chi connectivity index (χ2v) is 9.71. The molecule has 10 nitrogen and oxygen atoms in total. The smallest absolute Gasteiger partial charge is 0.305 e. The normalized spacial score (nSPS) is 19.3. The predicted molar refractivity (Wildman–Crippen MR) is 114 cm³/mol. The Morgan fingerprint density at radius 1 is 1.19 bits per heavy atom. The Labute approximate surface area is 188 Å². The van der Waals surface area contributed by atoms with E-state index in [1.165, 1.54) is 38.3 Å². The zero-order chi connectivity index (χ0) is 24.1. The van der Waals surface area contributed by atoms with Gasteiger partial charge in [0.2, 0.25) is 18.1 Å². The highest BCUT2D eigenvalue weighted by atomic mass is 32.2. The van der Waals surface area contributed by atoms with Crippen molar-refractivity contribution >= 4 is 27.8 Å². The maximum absolute atomic E-state index is 13.3. The molecule has 11 heteroatoms. The third-order valence-corrected chi connectivity index (χ3v) is 6.75. The van der Waals surface area contributed by atoms with Crippen LogP contribution in [-0.4, -0.2) is 62.6 Å². The Morgan fingerprint density at radius 3 is 2.31 bits per heavy atom. The van der Waals surface area contributed by atoms with Gasteiger partial charge in [0.25, 0.3) is 10.0 Å². The summed E-state index contributed by atoms with van der Waals surface area (Å²) in [6.07, 6.45) is -0.490. The fourth-order valence-electron chi connectivity index (χ4n) is 3.44. The number of ether oxygens (including phenoxy) is 3. The molecule has 1 aromatic rings. The fraction of sp³-hybridized carbons (Fsp3) is 0.571. The van der Waals surface area contributed by atoms with Gasteiger partial charge in [0.1, 0.15) is 11.8 Å². The van der Waals surface area contributed by atoms with Crippen molar-refractivity contribution in [1.29, 1.82) is 0 Å². The summed E-state index contributed by atoms with van der Waals surface area (Å²) in [7, 11) is -2.88. The number of nitrogens with zero attached hydrogens (tertiary/aromatic N) is 1. The molecule has 0 spiro atoms. The van der Waals surface area contributed by atoms with Gasteiger partial charge in [0, 0.05) is 13.8 Å². The number of rotatable bonds is 9. The Kier molecular flexibility index (Phi) is 8.62. The highest BCUT2D eigenvalue weighted by Gasteiger charge is 2.41. The number of esters is 1. The van der Waals surface area contributed by atoms with Gasteiger partial charge in [0.05, 0.1) is 24.7 Å². The van der Waals surface area contributed by atoms with Gasteiger partial charge in [-0.05, 0) is 43.0 Å². The highest BCUT2D eigenvalue weighted by Crippen LogP contribution is 2.25. The molecule has 2 rings (SSSR count). The van der Waals surface area contributed by atoms with Gasteiger partial charge in [-0.3, -0.25) is 14.4 Å². The second-order valence-electron chi connectivity index (χ2n) is 7.89. The fourth-order valence-corrected chi connectivity index (χ4v) is 5.00. The predicted octanol–water partition coefficient (Wildman–Crippen LogP) is 1.44. The summed E-state index contributed by atoms with van der Waals surface area (Å²) in [5, 5.41) is 2.70. The number of amides is 2. The molecule has 1 aliphatic rings. The van der Waals surface area contributed by atoms with Gasteiger partial charge in [-0.2, -0.15) is 0 Å². The lowest BCUT2D eigenvalue weighted by atomic mass is 10.0. The Morgan fingerprint density at radius 2 is 1.81 bits per heavy atom. The number of carbonyl (C=O) groups excluding carboxylic acids is 3. The topological polar surface area (TPSA) is 128 Å². The number of methoxy groups -OCH3 is 1. The van der Waals surface area contributed by atoms with E-state index in [0.717, 1.165) is 6.92 Å². The van der Waals surface area contributed by atoms with Crippen LogP contribution in [0.25, 0.3) is 0 Å². The third-order valence-electron chi connectivity index (χ3n) is 4.86. The maximum atomic E-state index is 13.3. The largest absolute Gasteiger partial charge is 0.497 e. The van der Waals surface area contributed by atoms with Crippen molar-refractivity contribution in [3.63, 3.8) is 0 Å². The zero-order valence-corrected chi connectivity index (χ0v) is 19.7. The lowest BCUT2D eigenvalue weighted by Crippen LogP contribution is -2.55. The van der Waals surface area contributed by atoms with Crippen molar-refractivity contribution in [2.45, 2.75) is 63.8 Å². The van der Waals surface area contributed by atoms with Crippen LogP contribution in [0.1, 0.15) is 40.5 Å². The third kappa shape index (κ3) is 6.19. The van der Waals surface area contributed by atoms with E-state index in [-0.39, 0.29) is 23.8 Å². The Balaban J connectivity index is 2.36. The van der Waals surface area contributed by atoms with Crippen molar-refractivity contribution in [2.24, 2.45) is 5.92 Å². The summed E-state index contributed by atoms with van der Waals surface area (Å²) in [6.45, 7) is 6.22. The SMILES string of the molecule is COc1ccc(S(=O)(=O)N(C(C)=O)C(CC(C)C)C(=O)N[C@H]2CCO[C@H]2OC(C)=O)cc1. The molecule has 0 radical (unpaired) electrons. The molecule has 1 unspecified atom stereocenters. The molecular weight excluding hydrogens is 440 g/mol. The number of benzene rings is 1. The molecule has 32 heavy (non-hydrogen) atoms. The van der Waals surface area contributed by atoms with E-state index in [4.69, 9.17) is 14.2 Å². The van der Waals surface area contributed by atoms with Crippen LogP contribution in [0.4, 0.5) is 0 Å². The number of hydrogen-bond acceptors (Lipinski definition) is 8. The molecular formula is C21H30N2O8S. The van der Waals surface area contributed by atoms with E-state index in [1.54, 1.807) is 0 Å². The van der Waals surface area contributed by atoms with Crippen molar-refractivity contribution in [3.05, 3.63) is 24.3 Å². The summed E-state index contributed by atoms with van der Waals surface area (Å²) < 4.78 is 42.7. The van der Waals surface area contributed by atoms with Crippen molar-refractivity contribution in [2.75, 3.05) is 13.7 Å². The van der Waals surface area contributed by atoms with Crippen LogP contribution in [0.3, 0.4) is 0 Å². The van der Waals surface area contributed by atoms with E-state index < -0.39 is 46.2 Å². The van der Waals surface area contributed by atoms with Crippen LogP contribution >= 0.6 is 0 Å². The van der Waals surface area contributed by atoms with E-state index in [9.17, 15) is 22.8 Å². The maximum Gasteiger partial charge on any atom is 0.305 e. The number of hydrogen-bond donors (Lipinski definition) is 1. The molecule has 0 aliphatic carbocycles. The average Bonchev–Trinajstić information content (AvgIpc) is 3.12. The van der Waals surface area contributed by atoms with Gasteiger partial charge >= 0.3 is 5.97 Å². The van der Waals surface area contributed by atoms with Crippen LogP contribution < -0.4 is 10.1 Å². The Bertz CT molecular complexity index is 930. The summed E-state index contributed by atoms with van der Waals surface area (Å²) in [4.78, 5) is 36.9. The first kappa shape index (κ1) is 25.6. The first-order valence-electron chi connectivity index (χ1n) is 10.3. The van der Waals surface area contributed by atoms with Crippen molar-refractivity contribution in [1.82, 2.24) is 9.62 Å². The van der Waals surface area contributed by atoms with E-state index in [0.29, 0.717) is 16.5 Å². The van der Waals surface area contributed by atoms with Gasteiger partial charge in [-0.15, -0.1) is 0 Å². The number of sulfonamides is 1. The molecule has 0 aromatic heterocycles. The molecule has 1 aromatic carbocycles. The van der Waals surface area contributed by atoms with Crippen LogP contribution in [0.5, 0.6) is 5.75 Å². The molecule has 3 atom stereocenters. The number of nitrogens with one attached hydrogen (secondary N) is 1. The highest BCUT2D eigenvalue weighted by molar-refractivity contribution is 7.89. The van der Waals surface area contributed by atoms with E-state index in [2.05, 4.69) is 5.32 Å². The summed E-state index contributed by atoms with van der Waals surface area (Å²) >= 11 is 0. The molecule has 1 heterocycles. The van der Waals surface area contributed by atoms with Gasteiger partial charge in [0.15, 0.2) is 0 Å². The quantitative estimate of drug-likeness (QED) is 0.537. The molecule has 1 fully saturated rings. The molecule has 0 saturated carbocycles.